The molecular formula is C7H16N2O. The van der Waals surface area contributed by atoms with Gasteiger partial charge in [0.25, 0.3) is 0 Å². The summed E-state index contributed by atoms with van der Waals surface area (Å²) in [6, 6.07) is 0. The van der Waals surface area contributed by atoms with E-state index in [4.69, 9.17) is 5.73 Å². The molecule has 0 radical (unpaired) electrons. The van der Waals surface area contributed by atoms with Gasteiger partial charge in [0.1, 0.15) is 5.78 Å². The van der Waals surface area contributed by atoms with Crippen molar-refractivity contribution in [3.8, 4) is 0 Å². The van der Waals surface area contributed by atoms with E-state index >= 15 is 0 Å². The second kappa shape index (κ2) is 5.38. The second-order valence-electron chi connectivity index (χ2n) is 2.58. The van der Waals surface area contributed by atoms with E-state index in [1.807, 2.05) is 11.9 Å². The molecule has 10 heavy (non-hydrogen) atoms. The van der Waals surface area contributed by atoms with Gasteiger partial charge in [-0.15, -0.1) is 0 Å². The first-order valence-corrected chi connectivity index (χ1v) is 3.55. The molecule has 0 aromatic carbocycles. The van der Waals surface area contributed by atoms with E-state index in [1.165, 1.54) is 0 Å². The molecule has 0 unspecified atom stereocenters. The number of carbonyl (C=O) groups excluding carboxylic acids is 1. The lowest BCUT2D eigenvalue weighted by atomic mass is 10.3. The van der Waals surface area contributed by atoms with Crippen molar-refractivity contribution < 1.29 is 4.79 Å². The van der Waals surface area contributed by atoms with Crippen molar-refractivity contribution in [3.63, 3.8) is 0 Å². The molecular weight excluding hydrogens is 128 g/mol. The monoisotopic (exact) mass is 144 g/mol. The van der Waals surface area contributed by atoms with Crippen LogP contribution < -0.4 is 5.73 Å². The van der Waals surface area contributed by atoms with Gasteiger partial charge in [0.15, 0.2) is 0 Å². The largest absolute Gasteiger partial charge is 0.330 e. The molecule has 0 saturated carbocycles. The molecule has 0 fully saturated rings. The fourth-order valence-corrected chi connectivity index (χ4v) is 0.820. The van der Waals surface area contributed by atoms with Crippen molar-refractivity contribution in [1.82, 2.24) is 4.90 Å². The first-order chi connectivity index (χ1) is 4.66. The molecule has 0 aliphatic rings. The number of nitrogens with two attached hydrogens (primary N) is 1. The average Bonchev–Trinajstić information content (AvgIpc) is 1.82. The van der Waals surface area contributed by atoms with E-state index in [0.717, 1.165) is 13.0 Å². The third-order valence-corrected chi connectivity index (χ3v) is 1.24. The summed E-state index contributed by atoms with van der Waals surface area (Å²) in [7, 11) is 1.93. The molecule has 0 heterocycles. The third kappa shape index (κ3) is 5.72. The Hall–Kier alpha value is -0.410. The van der Waals surface area contributed by atoms with E-state index in [1.54, 1.807) is 6.92 Å². The SMILES string of the molecule is CC(=O)CN(C)CCCN. The summed E-state index contributed by atoms with van der Waals surface area (Å²) in [5.74, 6) is 0.208. The average molecular weight is 144 g/mol. The standard InChI is InChI=1S/C7H16N2O/c1-7(10)6-9(2)5-3-4-8/h3-6,8H2,1-2H3. The number of likely N-dealkylation sites (N-methyl/N-ethyl adjacent to an activating group) is 1. The number of hydrogen-bond donors (Lipinski definition) is 1. The zero-order chi connectivity index (χ0) is 7.98. The van der Waals surface area contributed by atoms with Gasteiger partial charge >= 0.3 is 0 Å². The minimum absolute atomic E-state index is 0.208. The smallest absolute Gasteiger partial charge is 0.143 e. The molecule has 2 N–H and O–H groups in total. The number of Topliss-reactive ketones (excluding diaryl/α,β-unsaturated/α-hetero) is 1. The Morgan fingerprint density at radius 1 is 1.60 bits per heavy atom. The Bertz CT molecular complexity index is 104. The molecule has 0 spiro atoms. The van der Waals surface area contributed by atoms with E-state index in [0.29, 0.717) is 13.1 Å². The van der Waals surface area contributed by atoms with Gasteiger partial charge in [-0.3, -0.25) is 9.69 Å². The molecule has 60 valence electrons. The Labute approximate surface area is 62.2 Å². The summed E-state index contributed by atoms with van der Waals surface area (Å²) in [4.78, 5) is 12.5. The molecule has 0 aliphatic carbocycles. The van der Waals surface area contributed by atoms with Gasteiger partial charge < -0.3 is 5.73 Å². The number of hydrogen-bond acceptors (Lipinski definition) is 3. The Morgan fingerprint density at radius 3 is 2.60 bits per heavy atom. The molecule has 0 aliphatic heterocycles. The van der Waals surface area contributed by atoms with Gasteiger partial charge in [-0.25, -0.2) is 0 Å². The number of ketones is 1. The van der Waals surface area contributed by atoms with Gasteiger partial charge in [0, 0.05) is 0 Å². The van der Waals surface area contributed by atoms with Crippen LogP contribution in [0.3, 0.4) is 0 Å². The molecule has 0 aromatic rings. The maximum atomic E-state index is 10.5. The van der Waals surface area contributed by atoms with E-state index < -0.39 is 0 Å². The molecule has 3 heteroatoms. The van der Waals surface area contributed by atoms with Crippen LogP contribution in [0.5, 0.6) is 0 Å². The molecule has 0 aromatic heterocycles. The normalized spacial score (nSPS) is 10.4. The maximum absolute atomic E-state index is 10.5. The number of nitrogens with zero attached hydrogens (tertiary/aromatic N) is 1. The zero-order valence-corrected chi connectivity index (χ0v) is 6.76. The number of carbonyl (C=O) groups is 1. The number of rotatable bonds is 5. The maximum Gasteiger partial charge on any atom is 0.143 e. The van der Waals surface area contributed by atoms with Crippen molar-refractivity contribution >= 4 is 5.78 Å². The highest BCUT2D eigenvalue weighted by molar-refractivity contribution is 5.77. The molecule has 3 nitrogen and oxygen atoms in total. The van der Waals surface area contributed by atoms with E-state index in [-0.39, 0.29) is 5.78 Å². The van der Waals surface area contributed by atoms with Crippen molar-refractivity contribution in [2.45, 2.75) is 13.3 Å². The van der Waals surface area contributed by atoms with Gasteiger partial charge in [0.2, 0.25) is 0 Å². The van der Waals surface area contributed by atoms with Gasteiger partial charge in [-0.2, -0.15) is 0 Å². The quantitative estimate of drug-likeness (QED) is 0.584. The lowest BCUT2D eigenvalue weighted by molar-refractivity contribution is -0.117. The third-order valence-electron chi connectivity index (χ3n) is 1.24. The van der Waals surface area contributed by atoms with Crippen LogP contribution in [-0.2, 0) is 4.79 Å². The molecule has 0 bridgehead atoms. The van der Waals surface area contributed by atoms with Crippen molar-refractivity contribution in [2.24, 2.45) is 5.73 Å². The summed E-state index contributed by atoms with van der Waals surface area (Å²) < 4.78 is 0. The fourth-order valence-electron chi connectivity index (χ4n) is 0.820. The Kier molecular flexibility index (Phi) is 5.16. The van der Waals surface area contributed by atoms with Crippen LogP contribution in [0, 0.1) is 0 Å². The van der Waals surface area contributed by atoms with Crippen LogP contribution >= 0.6 is 0 Å². The van der Waals surface area contributed by atoms with Gasteiger partial charge in [0.05, 0.1) is 6.54 Å². The highest BCUT2D eigenvalue weighted by Gasteiger charge is 1.99. The van der Waals surface area contributed by atoms with Gasteiger partial charge in [-0.05, 0) is 33.5 Å². The molecule has 0 atom stereocenters. The fraction of sp³-hybridized carbons (Fsp3) is 0.857. The highest BCUT2D eigenvalue weighted by Crippen LogP contribution is 1.85. The minimum Gasteiger partial charge on any atom is -0.330 e. The van der Waals surface area contributed by atoms with E-state index in [2.05, 4.69) is 0 Å². The summed E-state index contributed by atoms with van der Waals surface area (Å²) in [6.07, 6.45) is 0.962. The minimum atomic E-state index is 0.208. The Morgan fingerprint density at radius 2 is 2.20 bits per heavy atom. The zero-order valence-electron chi connectivity index (χ0n) is 6.76. The van der Waals surface area contributed by atoms with Crippen LogP contribution in [0.1, 0.15) is 13.3 Å². The molecule has 0 rings (SSSR count). The highest BCUT2D eigenvalue weighted by atomic mass is 16.1. The topological polar surface area (TPSA) is 46.3 Å². The first kappa shape index (κ1) is 9.59. The summed E-state index contributed by atoms with van der Waals surface area (Å²) in [5.41, 5.74) is 5.30. The van der Waals surface area contributed by atoms with Crippen LogP contribution in [-0.4, -0.2) is 37.4 Å². The van der Waals surface area contributed by atoms with Gasteiger partial charge in [-0.1, -0.05) is 0 Å². The summed E-state index contributed by atoms with van der Waals surface area (Å²) in [5, 5.41) is 0. The molecule has 0 saturated heterocycles. The van der Waals surface area contributed by atoms with Crippen molar-refractivity contribution in [2.75, 3.05) is 26.7 Å². The first-order valence-electron chi connectivity index (χ1n) is 3.55. The van der Waals surface area contributed by atoms with Crippen LogP contribution in [0.15, 0.2) is 0 Å². The predicted octanol–water partition coefficient (Wildman–Crippen LogP) is -0.144. The van der Waals surface area contributed by atoms with Crippen molar-refractivity contribution in [3.05, 3.63) is 0 Å². The Balaban J connectivity index is 3.25. The predicted molar refractivity (Wildman–Crippen MR) is 41.8 cm³/mol. The summed E-state index contributed by atoms with van der Waals surface area (Å²) in [6.45, 7) is 3.75. The van der Waals surface area contributed by atoms with Crippen molar-refractivity contribution in [1.29, 1.82) is 0 Å². The van der Waals surface area contributed by atoms with Crippen LogP contribution in [0.2, 0.25) is 0 Å². The molecule has 0 amide bonds. The second-order valence-corrected chi connectivity index (χ2v) is 2.58. The van der Waals surface area contributed by atoms with Crippen LogP contribution in [0.25, 0.3) is 0 Å². The lowest BCUT2D eigenvalue weighted by Crippen LogP contribution is -2.26. The van der Waals surface area contributed by atoms with E-state index in [9.17, 15) is 4.79 Å². The van der Waals surface area contributed by atoms with Crippen LogP contribution in [0.4, 0.5) is 0 Å². The summed E-state index contributed by atoms with van der Waals surface area (Å²) >= 11 is 0. The lowest BCUT2D eigenvalue weighted by Gasteiger charge is -2.12.